The molecule has 2 aromatic carbocycles. The highest BCUT2D eigenvalue weighted by Crippen LogP contribution is 2.26. The van der Waals surface area contributed by atoms with Gasteiger partial charge in [-0.2, -0.15) is 5.10 Å². The van der Waals surface area contributed by atoms with Gasteiger partial charge < -0.3 is 10.1 Å². The van der Waals surface area contributed by atoms with Crippen molar-refractivity contribution in [2.24, 2.45) is 0 Å². The van der Waals surface area contributed by atoms with Crippen molar-refractivity contribution < 1.29 is 9.53 Å². The molecule has 0 spiro atoms. The molecule has 1 aliphatic rings. The Hall–Kier alpha value is -3.51. The summed E-state index contributed by atoms with van der Waals surface area (Å²) in [6, 6.07) is 23.8. The van der Waals surface area contributed by atoms with Gasteiger partial charge >= 0.3 is 0 Å². The van der Waals surface area contributed by atoms with Gasteiger partial charge in [0, 0.05) is 30.3 Å². The number of ether oxygens (including phenoxy) is 1. The van der Waals surface area contributed by atoms with Gasteiger partial charge in [0.05, 0.1) is 17.5 Å². The van der Waals surface area contributed by atoms with E-state index in [-0.39, 0.29) is 12.0 Å². The highest BCUT2D eigenvalue weighted by Gasteiger charge is 2.19. The van der Waals surface area contributed by atoms with Crippen LogP contribution in [-0.2, 0) is 4.74 Å². The first kappa shape index (κ1) is 18.5. The van der Waals surface area contributed by atoms with E-state index in [0.717, 1.165) is 42.0 Å². The fourth-order valence-electron chi connectivity index (χ4n) is 3.76. The van der Waals surface area contributed by atoms with E-state index < -0.39 is 0 Å². The lowest BCUT2D eigenvalue weighted by Crippen LogP contribution is -2.32. The topological polar surface area (TPSA) is 68.5 Å². The minimum Gasteiger partial charge on any atom is -0.376 e. The van der Waals surface area contributed by atoms with Crippen LogP contribution in [0.2, 0.25) is 0 Å². The van der Waals surface area contributed by atoms with E-state index in [4.69, 9.17) is 9.72 Å². The Balaban J connectivity index is 1.54. The lowest BCUT2D eigenvalue weighted by Gasteiger charge is -2.09. The maximum Gasteiger partial charge on any atom is 0.271 e. The van der Waals surface area contributed by atoms with Crippen molar-refractivity contribution in [1.29, 1.82) is 0 Å². The largest absolute Gasteiger partial charge is 0.376 e. The van der Waals surface area contributed by atoms with Crippen LogP contribution in [0.15, 0.2) is 72.8 Å². The Morgan fingerprint density at radius 2 is 1.77 bits per heavy atom. The standard InChI is InChI=1S/C24H22N4O2/c29-24(25-16-19-12-7-13-30-19)21-15-23-26-20(17-8-3-1-4-9-17)14-22(28(23)27-21)18-10-5-2-6-11-18/h1-6,8-11,14-15,19H,7,12-13,16H2,(H,25,29)/t19-/m1/s1. The molecule has 0 radical (unpaired) electrons. The Morgan fingerprint density at radius 1 is 1.03 bits per heavy atom. The van der Waals surface area contributed by atoms with Gasteiger partial charge in [0.15, 0.2) is 11.3 Å². The molecule has 1 amide bonds. The predicted molar refractivity (Wildman–Crippen MR) is 115 cm³/mol. The van der Waals surface area contributed by atoms with Crippen LogP contribution in [0, 0.1) is 0 Å². The molecule has 0 unspecified atom stereocenters. The molecule has 5 rings (SSSR count). The smallest absolute Gasteiger partial charge is 0.271 e. The molecular formula is C24H22N4O2. The lowest BCUT2D eigenvalue weighted by atomic mass is 10.1. The zero-order valence-corrected chi connectivity index (χ0v) is 16.5. The number of rotatable bonds is 5. The van der Waals surface area contributed by atoms with Crippen LogP contribution < -0.4 is 5.32 Å². The third kappa shape index (κ3) is 3.69. The first-order valence-corrected chi connectivity index (χ1v) is 10.2. The summed E-state index contributed by atoms with van der Waals surface area (Å²) in [5.74, 6) is -0.212. The summed E-state index contributed by atoms with van der Waals surface area (Å²) in [4.78, 5) is 17.5. The van der Waals surface area contributed by atoms with E-state index in [1.165, 1.54) is 0 Å². The number of carbonyl (C=O) groups is 1. The third-order valence-corrected chi connectivity index (χ3v) is 5.31. The molecule has 3 heterocycles. The molecule has 1 atom stereocenters. The van der Waals surface area contributed by atoms with Crippen LogP contribution in [0.25, 0.3) is 28.2 Å². The Kier molecular flexibility index (Phi) is 4.99. The molecule has 1 fully saturated rings. The molecule has 0 bridgehead atoms. The fraction of sp³-hybridized carbons (Fsp3) is 0.208. The summed E-state index contributed by atoms with van der Waals surface area (Å²) >= 11 is 0. The third-order valence-electron chi connectivity index (χ3n) is 5.31. The van der Waals surface area contributed by atoms with Crippen molar-refractivity contribution in [2.75, 3.05) is 13.2 Å². The molecule has 6 heteroatoms. The average molecular weight is 398 g/mol. The highest BCUT2D eigenvalue weighted by atomic mass is 16.5. The summed E-state index contributed by atoms with van der Waals surface area (Å²) in [6.45, 7) is 1.27. The number of nitrogens with one attached hydrogen (secondary N) is 1. The van der Waals surface area contributed by atoms with E-state index in [0.29, 0.717) is 17.9 Å². The van der Waals surface area contributed by atoms with E-state index in [1.807, 2.05) is 66.7 Å². The first-order valence-electron chi connectivity index (χ1n) is 10.2. The van der Waals surface area contributed by atoms with Crippen molar-refractivity contribution in [3.05, 3.63) is 78.5 Å². The summed E-state index contributed by atoms with van der Waals surface area (Å²) < 4.78 is 7.33. The molecular weight excluding hydrogens is 376 g/mol. The fourth-order valence-corrected chi connectivity index (χ4v) is 3.76. The van der Waals surface area contributed by atoms with Gasteiger partial charge in [0.2, 0.25) is 0 Å². The van der Waals surface area contributed by atoms with Crippen LogP contribution in [-0.4, -0.2) is 39.8 Å². The van der Waals surface area contributed by atoms with Gasteiger partial charge in [-0.25, -0.2) is 9.50 Å². The van der Waals surface area contributed by atoms with Crippen LogP contribution in [0.4, 0.5) is 0 Å². The molecule has 0 aliphatic carbocycles. The number of carbonyl (C=O) groups excluding carboxylic acids is 1. The van der Waals surface area contributed by atoms with Crippen LogP contribution in [0.1, 0.15) is 23.3 Å². The Bertz CT molecular complexity index is 1170. The lowest BCUT2D eigenvalue weighted by molar-refractivity contribution is 0.0853. The van der Waals surface area contributed by atoms with Crippen molar-refractivity contribution >= 4 is 11.6 Å². The minimum absolute atomic E-state index is 0.0914. The van der Waals surface area contributed by atoms with Crippen LogP contribution >= 0.6 is 0 Å². The number of amides is 1. The second-order valence-electron chi connectivity index (χ2n) is 7.40. The maximum absolute atomic E-state index is 12.7. The SMILES string of the molecule is O=C(NC[C@H]1CCCO1)c1cc2nc(-c3ccccc3)cc(-c3ccccc3)n2n1. The molecule has 30 heavy (non-hydrogen) atoms. The van der Waals surface area contributed by atoms with Gasteiger partial charge in [-0.15, -0.1) is 0 Å². The Morgan fingerprint density at radius 3 is 2.47 bits per heavy atom. The second-order valence-corrected chi connectivity index (χ2v) is 7.40. The number of aromatic nitrogens is 3. The van der Waals surface area contributed by atoms with Crippen molar-refractivity contribution in [3.63, 3.8) is 0 Å². The number of fused-ring (bicyclic) bond motifs is 1. The van der Waals surface area contributed by atoms with E-state index in [1.54, 1.807) is 10.6 Å². The average Bonchev–Trinajstić information content (AvgIpc) is 3.48. The van der Waals surface area contributed by atoms with E-state index >= 15 is 0 Å². The molecule has 4 aromatic rings. The summed E-state index contributed by atoms with van der Waals surface area (Å²) in [5.41, 5.74) is 4.74. The van der Waals surface area contributed by atoms with Crippen LogP contribution in [0.5, 0.6) is 0 Å². The minimum atomic E-state index is -0.212. The van der Waals surface area contributed by atoms with Gasteiger partial charge in [0.25, 0.3) is 5.91 Å². The summed E-state index contributed by atoms with van der Waals surface area (Å²) in [6.07, 6.45) is 2.11. The second kappa shape index (κ2) is 8.08. The van der Waals surface area contributed by atoms with E-state index in [9.17, 15) is 4.79 Å². The maximum atomic E-state index is 12.7. The van der Waals surface area contributed by atoms with Gasteiger partial charge in [0.1, 0.15) is 0 Å². The summed E-state index contributed by atoms with van der Waals surface area (Å²) in [5, 5.41) is 7.51. The number of nitrogens with zero attached hydrogens (tertiary/aromatic N) is 3. The number of hydrogen-bond donors (Lipinski definition) is 1. The molecule has 1 N–H and O–H groups in total. The van der Waals surface area contributed by atoms with Crippen molar-refractivity contribution in [2.45, 2.75) is 18.9 Å². The van der Waals surface area contributed by atoms with Crippen molar-refractivity contribution in [3.8, 4) is 22.5 Å². The Labute approximate surface area is 174 Å². The van der Waals surface area contributed by atoms with E-state index in [2.05, 4.69) is 10.4 Å². The molecule has 0 saturated carbocycles. The van der Waals surface area contributed by atoms with Crippen LogP contribution in [0.3, 0.4) is 0 Å². The zero-order chi connectivity index (χ0) is 20.3. The van der Waals surface area contributed by atoms with Gasteiger partial charge in [-0.05, 0) is 18.9 Å². The molecule has 1 aliphatic heterocycles. The first-order chi connectivity index (χ1) is 14.8. The number of hydrogen-bond acceptors (Lipinski definition) is 4. The number of benzene rings is 2. The zero-order valence-electron chi connectivity index (χ0n) is 16.5. The molecule has 150 valence electrons. The normalized spacial score (nSPS) is 16.1. The quantitative estimate of drug-likeness (QED) is 0.552. The summed E-state index contributed by atoms with van der Waals surface area (Å²) in [7, 11) is 0. The molecule has 2 aromatic heterocycles. The predicted octanol–water partition coefficient (Wildman–Crippen LogP) is 3.97. The molecule has 6 nitrogen and oxygen atoms in total. The monoisotopic (exact) mass is 398 g/mol. The highest BCUT2D eigenvalue weighted by molar-refractivity contribution is 5.93. The van der Waals surface area contributed by atoms with Crippen molar-refractivity contribution in [1.82, 2.24) is 19.9 Å². The van der Waals surface area contributed by atoms with Gasteiger partial charge in [-0.3, -0.25) is 4.79 Å². The van der Waals surface area contributed by atoms with Gasteiger partial charge in [-0.1, -0.05) is 60.7 Å². The molecule has 1 saturated heterocycles.